The summed E-state index contributed by atoms with van der Waals surface area (Å²) < 4.78 is 35.0. The van der Waals surface area contributed by atoms with Gasteiger partial charge in [-0.05, 0) is 12.8 Å². The molecule has 2 aliphatic rings. The van der Waals surface area contributed by atoms with Crippen LogP contribution in [0.4, 0.5) is 0 Å². The topological polar surface area (TPSA) is 285 Å². The fourth-order valence-corrected chi connectivity index (χ4v) is 11.6. The van der Waals surface area contributed by atoms with Gasteiger partial charge in [0.1, 0.15) is 61.0 Å². The van der Waals surface area contributed by atoms with E-state index in [-0.39, 0.29) is 18.7 Å². The zero-order valence-electron chi connectivity index (χ0n) is 47.6. The third-order valence-corrected chi connectivity index (χ3v) is 16.8. The standard InChI is InChI=1S/C58H114NO16P/c1-3-5-7-9-11-13-15-17-19-20-21-22-23-24-25-26-28-30-32-34-36-38-40-42-48(62)59-45(46(61)41-39-37-35-33-31-29-27-18-16-14-12-10-8-6-4-2)44-72-76(70,71)75-57-54(68)52(66)51(65)53(67)56(57)74-58-55(69)50(64)49(63)47(43-60)73-58/h45-47,49-58,60-61,63-69H,3-44H2,1-2H3,(H,59,62)(H,70,71)/t45-,46+,47+,49+,50-,51+,52+,53-,54+,55-,56+,57+,58?/m0/s1. The number of ether oxygens (including phenoxy) is 2. The van der Waals surface area contributed by atoms with Crippen LogP contribution >= 0.6 is 7.82 Å². The lowest BCUT2D eigenvalue weighted by Gasteiger charge is -2.47. The second kappa shape index (κ2) is 44.8. The second-order valence-electron chi connectivity index (χ2n) is 22.6. The van der Waals surface area contributed by atoms with Gasteiger partial charge in [-0.2, -0.15) is 0 Å². The minimum Gasteiger partial charge on any atom is -0.394 e. The van der Waals surface area contributed by atoms with Crippen molar-refractivity contribution < 1.29 is 78.7 Å². The summed E-state index contributed by atoms with van der Waals surface area (Å²) in [6.45, 7) is 2.98. The Hall–Kier alpha value is -0.860. The summed E-state index contributed by atoms with van der Waals surface area (Å²) in [4.78, 5) is 24.2. The van der Waals surface area contributed by atoms with Crippen LogP contribution in [0.3, 0.4) is 0 Å². The van der Waals surface area contributed by atoms with E-state index in [1.807, 2.05) is 0 Å². The van der Waals surface area contributed by atoms with Crippen LogP contribution in [-0.4, -0.2) is 149 Å². The van der Waals surface area contributed by atoms with Crippen LogP contribution in [0.5, 0.6) is 0 Å². The van der Waals surface area contributed by atoms with Gasteiger partial charge in [-0.25, -0.2) is 4.57 Å². The quantitative estimate of drug-likeness (QED) is 0.0200. The summed E-state index contributed by atoms with van der Waals surface area (Å²) in [6, 6.07) is -1.14. The fourth-order valence-electron chi connectivity index (χ4n) is 10.7. The summed E-state index contributed by atoms with van der Waals surface area (Å²) in [5, 5.41) is 97.6. The van der Waals surface area contributed by atoms with Gasteiger partial charge in [-0.3, -0.25) is 13.8 Å². The van der Waals surface area contributed by atoms with E-state index in [2.05, 4.69) is 19.2 Å². The number of phosphoric acid groups is 1. The maximum absolute atomic E-state index is 13.6. The van der Waals surface area contributed by atoms with Crippen molar-refractivity contribution in [2.75, 3.05) is 13.2 Å². The molecular formula is C58H114NO16P. The van der Waals surface area contributed by atoms with Crippen LogP contribution in [0.1, 0.15) is 271 Å². The summed E-state index contributed by atoms with van der Waals surface area (Å²) >= 11 is 0. The third kappa shape index (κ3) is 31.4. The molecule has 18 heteroatoms. The number of hydrogen-bond donors (Lipinski definition) is 11. The van der Waals surface area contributed by atoms with E-state index in [4.69, 9.17) is 18.5 Å². The highest BCUT2D eigenvalue weighted by molar-refractivity contribution is 7.47. The molecule has 2 fully saturated rings. The van der Waals surface area contributed by atoms with E-state index >= 15 is 0 Å². The molecule has 0 bridgehead atoms. The first kappa shape index (κ1) is 71.2. The van der Waals surface area contributed by atoms with Gasteiger partial charge in [0.15, 0.2) is 6.29 Å². The van der Waals surface area contributed by atoms with Gasteiger partial charge in [-0.1, -0.05) is 251 Å². The van der Waals surface area contributed by atoms with Gasteiger partial charge >= 0.3 is 7.82 Å². The number of carbonyl (C=O) groups excluding carboxylic acids is 1. The first-order chi connectivity index (χ1) is 36.7. The molecule has 1 saturated heterocycles. The SMILES string of the molecule is CCCCCCCCCCCCCCCCCCCCCCCCCC(=O)N[C@@H](COP(=O)(O)O[C@@H]1[C@H](O)[C@H](O)[C@@H](O)[C@H](O)[C@H]1OC1O[C@H](CO)[C@@H](O)[C@H](O)[C@@H]1O)[C@H](O)CCCCCCCCCCCCCCCCC. The Bertz CT molecular complexity index is 1420. The first-order valence-electron chi connectivity index (χ1n) is 31.0. The second-order valence-corrected chi connectivity index (χ2v) is 24.0. The van der Waals surface area contributed by atoms with E-state index in [1.165, 1.54) is 180 Å². The Morgan fingerprint density at radius 1 is 0.487 bits per heavy atom. The molecule has 1 aliphatic heterocycles. The van der Waals surface area contributed by atoms with Crippen molar-refractivity contribution >= 4 is 13.7 Å². The number of amides is 1. The number of phosphoric ester groups is 1. The fraction of sp³-hybridized carbons (Fsp3) is 0.983. The minimum absolute atomic E-state index is 0.179. The zero-order valence-corrected chi connectivity index (χ0v) is 48.5. The van der Waals surface area contributed by atoms with Crippen LogP contribution in [0.25, 0.3) is 0 Å². The summed E-state index contributed by atoms with van der Waals surface area (Å²) in [5.41, 5.74) is 0. The molecule has 452 valence electrons. The van der Waals surface area contributed by atoms with Gasteiger partial charge in [0.25, 0.3) is 0 Å². The number of nitrogens with one attached hydrogen (secondary N) is 1. The zero-order chi connectivity index (χ0) is 55.8. The molecule has 1 amide bonds. The predicted octanol–water partition coefficient (Wildman–Crippen LogP) is 9.62. The molecule has 1 heterocycles. The maximum Gasteiger partial charge on any atom is 0.472 e. The molecule has 11 N–H and O–H groups in total. The van der Waals surface area contributed by atoms with Crippen molar-refractivity contribution in [1.82, 2.24) is 5.32 Å². The van der Waals surface area contributed by atoms with E-state index in [0.29, 0.717) is 12.8 Å². The van der Waals surface area contributed by atoms with E-state index in [9.17, 15) is 60.2 Å². The highest BCUT2D eigenvalue weighted by Crippen LogP contribution is 2.48. The van der Waals surface area contributed by atoms with Gasteiger partial charge in [0.05, 0.1) is 25.4 Å². The smallest absolute Gasteiger partial charge is 0.394 e. The first-order valence-corrected chi connectivity index (χ1v) is 32.5. The highest BCUT2D eigenvalue weighted by Gasteiger charge is 2.55. The largest absolute Gasteiger partial charge is 0.472 e. The average molecular weight is 1110 g/mol. The Balaban J connectivity index is 1.82. The maximum atomic E-state index is 13.6. The van der Waals surface area contributed by atoms with Crippen LogP contribution in [0.15, 0.2) is 0 Å². The molecule has 76 heavy (non-hydrogen) atoms. The molecule has 0 spiro atoms. The molecule has 0 aromatic carbocycles. The van der Waals surface area contributed by atoms with Gasteiger partial charge in [0, 0.05) is 6.42 Å². The predicted molar refractivity (Wildman–Crippen MR) is 297 cm³/mol. The molecule has 14 atom stereocenters. The van der Waals surface area contributed by atoms with E-state index in [1.54, 1.807) is 0 Å². The van der Waals surface area contributed by atoms with Crippen LogP contribution in [0.2, 0.25) is 0 Å². The average Bonchev–Trinajstić information content (AvgIpc) is 3.40. The van der Waals surface area contributed by atoms with Gasteiger partial charge in [-0.15, -0.1) is 0 Å². The van der Waals surface area contributed by atoms with E-state index in [0.717, 1.165) is 51.4 Å². The molecule has 17 nitrogen and oxygen atoms in total. The molecule has 0 aromatic heterocycles. The number of unbranched alkanes of at least 4 members (excludes halogenated alkanes) is 36. The van der Waals surface area contributed by atoms with Crippen LogP contribution < -0.4 is 5.32 Å². The van der Waals surface area contributed by atoms with Crippen molar-refractivity contribution in [1.29, 1.82) is 0 Å². The summed E-state index contributed by atoms with van der Waals surface area (Å²) in [6.07, 6.45) is 24.3. The molecule has 2 rings (SSSR count). The van der Waals surface area contributed by atoms with Crippen LogP contribution in [0, 0.1) is 0 Å². The lowest BCUT2D eigenvalue weighted by Crippen LogP contribution is -2.67. The summed E-state index contributed by atoms with van der Waals surface area (Å²) in [5.74, 6) is -0.364. The molecule has 1 aliphatic carbocycles. The molecule has 1 saturated carbocycles. The third-order valence-electron chi connectivity index (χ3n) is 15.8. The number of rotatable bonds is 50. The van der Waals surface area contributed by atoms with Gasteiger partial charge < -0.3 is 65.6 Å². The molecule has 0 aromatic rings. The van der Waals surface area contributed by atoms with Gasteiger partial charge in [0.2, 0.25) is 5.91 Å². The number of carbonyl (C=O) groups is 1. The number of aliphatic hydroxyl groups excluding tert-OH is 9. The molecule has 0 radical (unpaired) electrons. The molecular weight excluding hydrogens is 998 g/mol. The minimum atomic E-state index is -5.32. The number of aliphatic hydroxyl groups is 9. The molecule has 2 unspecified atom stereocenters. The van der Waals surface area contributed by atoms with E-state index < -0.39 is 101 Å². The normalized spacial score (nSPS) is 26.6. The summed E-state index contributed by atoms with van der Waals surface area (Å²) in [7, 11) is -5.32. The highest BCUT2D eigenvalue weighted by atomic mass is 31.2. The van der Waals surface area contributed by atoms with Crippen molar-refractivity contribution in [3.8, 4) is 0 Å². The van der Waals surface area contributed by atoms with Crippen molar-refractivity contribution in [3.05, 3.63) is 0 Å². The Morgan fingerprint density at radius 3 is 1.21 bits per heavy atom. The monoisotopic (exact) mass is 1110 g/mol. The number of hydrogen-bond acceptors (Lipinski definition) is 15. The lowest BCUT2D eigenvalue weighted by atomic mass is 9.84. The Labute approximate surface area is 459 Å². The van der Waals surface area contributed by atoms with Crippen molar-refractivity contribution in [2.45, 2.75) is 350 Å². The Morgan fingerprint density at radius 2 is 0.829 bits per heavy atom. The Kier molecular flexibility index (Phi) is 42.0. The van der Waals surface area contributed by atoms with Crippen molar-refractivity contribution in [3.63, 3.8) is 0 Å². The van der Waals surface area contributed by atoms with Crippen molar-refractivity contribution in [2.24, 2.45) is 0 Å². The lowest BCUT2D eigenvalue weighted by molar-refractivity contribution is -0.338. The van der Waals surface area contributed by atoms with Crippen LogP contribution in [-0.2, 0) is 27.9 Å².